The van der Waals surface area contributed by atoms with Crippen molar-refractivity contribution < 1.29 is 0 Å². The summed E-state index contributed by atoms with van der Waals surface area (Å²) in [5.74, 6) is 0.451. The van der Waals surface area contributed by atoms with Crippen LogP contribution in [0.25, 0.3) is 49.6 Å². The van der Waals surface area contributed by atoms with Gasteiger partial charge in [0, 0.05) is 58.3 Å². The molecule has 0 N–H and O–H groups in total. The van der Waals surface area contributed by atoms with Gasteiger partial charge in [0.15, 0.2) is 0 Å². The van der Waals surface area contributed by atoms with Gasteiger partial charge in [0.05, 0.1) is 0 Å². The second-order valence-corrected chi connectivity index (χ2v) is 14.7. The molecule has 52 heavy (non-hydrogen) atoms. The number of para-hydroxylation sites is 1. The lowest BCUT2D eigenvalue weighted by molar-refractivity contribution is 0.617. The first-order valence-corrected chi connectivity index (χ1v) is 19.5. The fourth-order valence-corrected chi connectivity index (χ4v) is 7.92. The maximum absolute atomic E-state index is 2.46. The van der Waals surface area contributed by atoms with Crippen molar-refractivity contribution in [1.82, 2.24) is 4.57 Å². The van der Waals surface area contributed by atoms with Crippen molar-refractivity contribution >= 4 is 38.8 Å². The molecule has 0 amide bonds. The van der Waals surface area contributed by atoms with Crippen molar-refractivity contribution in [1.29, 1.82) is 0 Å². The third kappa shape index (κ3) is 7.01. The molecule has 6 aromatic rings. The molecular formula is C50H60N2. The Morgan fingerprint density at radius 1 is 0.712 bits per heavy atom. The highest BCUT2D eigenvalue weighted by Crippen LogP contribution is 2.50. The minimum Gasteiger partial charge on any atom is -0.344 e. The van der Waals surface area contributed by atoms with Gasteiger partial charge in [-0.2, -0.15) is 0 Å². The van der Waals surface area contributed by atoms with E-state index in [-0.39, 0.29) is 5.41 Å². The number of nitrogens with zero attached hydrogens (tertiary/aromatic N) is 2. The van der Waals surface area contributed by atoms with Crippen molar-refractivity contribution in [2.24, 2.45) is 7.05 Å². The Kier molecular flexibility index (Phi) is 12.0. The first-order chi connectivity index (χ1) is 25.0. The van der Waals surface area contributed by atoms with Gasteiger partial charge in [-0.3, -0.25) is 0 Å². The number of anilines is 2. The summed E-state index contributed by atoms with van der Waals surface area (Å²) in [6.07, 6.45) is 6.78. The molecule has 0 radical (unpaired) electrons. The van der Waals surface area contributed by atoms with E-state index < -0.39 is 0 Å². The average Bonchev–Trinajstić information content (AvgIpc) is 3.57. The largest absolute Gasteiger partial charge is 0.344 e. The monoisotopic (exact) mass is 688 g/mol. The summed E-state index contributed by atoms with van der Waals surface area (Å²) in [7, 11) is 4.35. The van der Waals surface area contributed by atoms with E-state index in [2.05, 4.69) is 194 Å². The second-order valence-electron chi connectivity index (χ2n) is 14.7. The van der Waals surface area contributed by atoms with Gasteiger partial charge >= 0.3 is 0 Å². The Labute approximate surface area is 314 Å². The number of fused-ring (bicyclic) bond motifs is 4. The van der Waals surface area contributed by atoms with E-state index in [0.29, 0.717) is 5.92 Å². The summed E-state index contributed by atoms with van der Waals surface area (Å²) in [5, 5.41) is 2.60. The molecule has 1 aliphatic rings. The number of hydrogen-bond acceptors (Lipinski definition) is 1. The van der Waals surface area contributed by atoms with Crippen molar-refractivity contribution in [2.75, 3.05) is 11.9 Å². The van der Waals surface area contributed by atoms with Crippen LogP contribution in [-0.4, -0.2) is 11.6 Å². The van der Waals surface area contributed by atoms with Crippen molar-refractivity contribution in [3.63, 3.8) is 0 Å². The highest BCUT2D eigenvalue weighted by Gasteiger charge is 2.36. The molecule has 1 heterocycles. The van der Waals surface area contributed by atoms with Crippen LogP contribution < -0.4 is 4.90 Å². The van der Waals surface area contributed by atoms with Gasteiger partial charge in [0.1, 0.15) is 0 Å². The highest BCUT2D eigenvalue weighted by molar-refractivity contribution is 6.09. The summed E-state index contributed by atoms with van der Waals surface area (Å²) >= 11 is 0. The van der Waals surface area contributed by atoms with E-state index in [9.17, 15) is 0 Å². The molecule has 0 unspecified atom stereocenters. The Morgan fingerprint density at radius 2 is 1.35 bits per heavy atom. The molecule has 0 fully saturated rings. The fourth-order valence-electron chi connectivity index (χ4n) is 7.92. The molecule has 1 aromatic heterocycles. The summed E-state index contributed by atoms with van der Waals surface area (Å²) in [6, 6.07) is 38.7. The molecule has 0 saturated heterocycles. The molecule has 270 valence electrons. The smallest absolute Gasteiger partial charge is 0.0489 e. The predicted octanol–water partition coefficient (Wildman–Crippen LogP) is 15.0. The molecule has 0 atom stereocenters. The van der Waals surface area contributed by atoms with E-state index in [0.717, 1.165) is 6.42 Å². The maximum atomic E-state index is 2.46. The molecule has 0 bridgehead atoms. The molecule has 2 heteroatoms. The van der Waals surface area contributed by atoms with Crippen LogP contribution >= 0.6 is 0 Å². The number of hydrogen-bond donors (Lipinski definition) is 0. The van der Waals surface area contributed by atoms with Crippen LogP contribution in [0.3, 0.4) is 0 Å². The van der Waals surface area contributed by atoms with Gasteiger partial charge in [-0.25, -0.2) is 0 Å². The van der Waals surface area contributed by atoms with Crippen LogP contribution in [0.4, 0.5) is 11.4 Å². The van der Waals surface area contributed by atoms with Crippen LogP contribution in [0, 0.1) is 0 Å². The zero-order chi connectivity index (χ0) is 37.7. The normalized spacial score (nSPS) is 13.3. The average molecular weight is 689 g/mol. The molecule has 1 aliphatic carbocycles. The zero-order valence-electron chi connectivity index (χ0n) is 33.9. The number of rotatable bonds is 7. The minimum absolute atomic E-state index is 0.00153. The van der Waals surface area contributed by atoms with E-state index in [1.165, 1.54) is 89.7 Å². The molecule has 0 aliphatic heterocycles. The highest BCUT2D eigenvalue weighted by atomic mass is 15.1. The van der Waals surface area contributed by atoms with Gasteiger partial charge in [-0.05, 0) is 107 Å². The van der Waals surface area contributed by atoms with Gasteiger partial charge in [0.2, 0.25) is 0 Å². The Morgan fingerprint density at radius 3 is 2.00 bits per heavy atom. The Balaban J connectivity index is 0.000000995. The molecule has 5 aromatic carbocycles. The summed E-state index contributed by atoms with van der Waals surface area (Å²) in [6.45, 7) is 22.0. The molecule has 0 saturated carbocycles. The minimum atomic E-state index is 0.00153. The van der Waals surface area contributed by atoms with Crippen molar-refractivity contribution in [3.05, 3.63) is 138 Å². The van der Waals surface area contributed by atoms with Crippen molar-refractivity contribution in [2.45, 2.75) is 93.4 Å². The molecule has 0 spiro atoms. The number of benzene rings is 5. The second kappa shape index (κ2) is 16.2. The lowest BCUT2D eigenvalue weighted by Crippen LogP contribution is -2.17. The first-order valence-electron chi connectivity index (χ1n) is 19.5. The van der Waals surface area contributed by atoms with Crippen LogP contribution in [0.5, 0.6) is 0 Å². The summed E-state index contributed by atoms with van der Waals surface area (Å²) in [5.41, 5.74) is 17.0. The van der Waals surface area contributed by atoms with Crippen LogP contribution in [0.15, 0.2) is 121 Å². The number of aryl methyl sites for hydroxylation is 1. The standard InChI is InChI=1S/C45H46N2.C3H8.C2H6/c1-9-13-35-36-23-18-33(28-41(36)45(5,6)40(35)10-2)38-26-31(29(3)4)19-24-43(38)46(7)34-21-16-30(17-22-34)32-20-25-44-39(27-32)37-14-11-12-15-42(37)47(44)8;1-3-2;1-2/h9,11-29H,10H2,1-8H3;3H2,1-2H3;1-2H3/b13-9-;;. The van der Waals surface area contributed by atoms with Crippen LogP contribution in [0.1, 0.15) is 105 Å². The van der Waals surface area contributed by atoms with Gasteiger partial charge < -0.3 is 9.47 Å². The summed E-state index contributed by atoms with van der Waals surface area (Å²) < 4.78 is 2.29. The topological polar surface area (TPSA) is 8.17 Å². The van der Waals surface area contributed by atoms with Gasteiger partial charge in [-0.15, -0.1) is 0 Å². The Bertz CT molecular complexity index is 2220. The van der Waals surface area contributed by atoms with E-state index >= 15 is 0 Å². The van der Waals surface area contributed by atoms with Crippen LogP contribution in [-0.2, 0) is 12.5 Å². The van der Waals surface area contributed by atoms with Crippen molar-refractivity contribution in [3.8, 4) is 22.3 Å². The third-order valence-corrected chi connectivity index (χ3v) is 10.6. The molecule has 7 rings (SSSR count). The summed E-state index contributed by atoms with van der Waals surface area (Å²) in [4.78, 5) is 2.34. The molecular weight excluding hydrogens is 629 g/mol. The SMILES string of the molecule is C/C=C\C1=C(CC)C(C)(C)c2cc(-c3cc(C(C)C)ccc3N(C)c3ccc(-c4ccc5c(c4)c4ccccc4n5C)cc3)ccc21.CC.CCC. The number of allylic oxidation sites excluding steroid dienone is 4. The quantitative estimate of drug-likeness (QED) is 0.162. The predicted molar refractivity (Wildman–Crippen MR) is 232 cm³/mol. The zero-order valence-corrected chi connectivity index (χ0v) is 33.9. The lowest BCUT2D eigenvalue weighted by Gasteiger charge is -2.27. The fraction of sp³-hybridized carbons (Fsp3) is 0.320. The van der Waals surface area contributed by atoms with Gasteiger partial charge in [0.25, 0.3) is 0 Å². The van der Waals surface area contributed by atoms with E-state index in [4.69, 9.17) is 0 Å². The van der Waals surface area contributed by atoms with Crippen LogP contribution in [0.2, 0.25) is 0 Å². The number of aromatic nitrogens is 1. The van der Waals surface area contributed by atoms with E-state index in [1.807, 2.05) is 13.8 Å². The first kappa shape index (κ1) is 38.4. The van der Waals surface area contributed by atoms with Gasteiger partial charge in [-0.1, -0.05) is 141 Å². The molecule has 2 nitrogen and oxygen atoms in total. The van der Waals surface area contributed by atoms with E-state index in [1.54, 1.807) is 0 Å². The maximum Gasteiger partial charge on any atom is 0.0489 e. The Hall–Kier alpha value is -4.82. The lowest BCUT2D eigenvalue weighted by atomic mass is 9.79. The third-order valence-electron chi connectivity index (χ3n) is 10.6.